The van der Waals surface area contributed by atoms with Crippen molar-refractivity contribution in [2.45, 2.75) is 13.1 Å². The van der Waals surface area contributed by atoms with Crippen LogP contribution < -0.4 is 5.32 Å². The number of nitrogens with one attached hydrogen (secondary N) is 2. The maximum absolute atomic E-state index is 4.35. The van der Waals surface area contributed by atoms with Gasteiger partial charge in [0.15, 0.2) is 5.65 Å². The van der Waals surface area contributed by atoms with E-state index in [0.717, 1.165) is 17.9 Å². The number of H-pyrrole nitrogens is 1. The van der Waals surface area contributed by atoms with Gasteiger partial charge in [0.05, 0.1) is 19.1 Å². The summed E-state index contributed by atoms with van der Waals surface area (Å²) in [6.45, 7) is 1.44. The van der Waals surface area contributed by atoms with E-state index in [1.807, 2.05) is 18.2 Å². The summed E-state index contributed by atoms with van der Waals surface area (Å²) in [5.41, 5.74) is 2.82. The van der Waals surface area contributed by atoms with Gasteiger partial charge < -0.3 is 10.3 Å². The van der Waals surface area contributed by atoms with Crippen molar-refractivity contribution in [2.24, 2.45) is 0 Å². The highest BCUT2D eigenvalue weighted by atomic mass is 15.0. The van der Waals surface area contributed by atoms with E-state index >= 15 is 0 Å². The van der Waals surface area contributed by atoms with Crippen LogP contribution in [0.1, 0.15) is 11.4 Å². The molecule has 5 heteroatoms. The molecule has 0 bridgehead atoms. The fourth-order valence-corrected chi connectivity index (χ4v) is 1.77. The Morgan fingerprint density at radius 2 is 1.94 bits per heavy atom. The van der Waals surface area contributed by atoms with Crippen molar-refractivity contribution in [2.75, 3.05) is 0 Å². The quantitative estimate of drug-likeness (QED) is 0.726. The van der Waals surface area contributed by atoms with Crippen molar-refractivity contribution in [3.05, 3.63) is 54.2 Å². The molecule has 2 N–H and O–H groups in total. The highest BCUT2D eigenvalue weighted by Gasteiger charge is 2.01. The van der Waals surface area contributed by atoms with Gasteiger partial charge in [0.1, 0.15) is 11.3 Å². The Morgan fingerprint density at radius 3 is 2.83 bits per heavy atom. The van der Waals surface area contributed by atoms with Crippen LogP contribution in [0, 0.1) is 0 Å². The molecule has 18 heavy (non-hydrogen) atoms. The largest absolute Gasteiger partial charge is 0.342 e. The van der Waals surface area contributed by atoms with E-state index in [-0.39, 0.29) is 0 Å². The lowest BCUT2D eigenvalue weighted by Gasteiger charge is -2.03. The Bertz CT molecular complexity index is 632. The third kappa shape index (κ3) is 2.36. The molecule has 0 saturated heterocycles. The molecule has 0 atom stereocenters. The minimum atomic E-state index is 0.637. The molecule has 0 unspecified atom stereocenters. The van der Waals surface area contributed by atoms with Gasteiger partial charge in [-0.15, -0.1) is 0 Å². The topological polar surface area (TPSA) is 66.5 Å². The normalized spacial score (nSPS) is 10.9. The molecule has 2 aromatic heterocycles. The Labute approximate surface area is 104 Å². The van der Waals surface area contributed by atoms with Gasteiger partial charge in [0.2, 0.25) is 0 Å². The van der Waals surface area contributed by atoms with Crippen molar-refractivity contribution in [1.82, 2.24) is 25.3 Å². The van der Waals surface area contributed by atoms with E-state index in [4.69, 9.17) is 0 Å². The highest BCUT2D eigenvalue weighted by molar-refractivity contribution is 5.67. The van der Waals surface area contributed by atoms with Crippen LogP contribution in [0.15, 0.2) is 42.9 Å². The van der Waals surface area contributed by atoms with Crippen LogP contribution in [0.2, 0.25) is 0 Å². The average molecular weight is 239 g/mol. The number of imidazole rings is 1. The molecule has 0 aliphatic carbocycles. The summed E-state index contributed by atoms with van der Waals surface area (Å²) in [5.74, 6) is 0.755. The number of nitrogens with zero attached hydrogens (tertiary/aromatic N) is 3. The second-order valence-corrected chi connectivity index (χ2v) is 4.02. The van der Waals surface area contributed by atoms with Gasteiger partial charge >= 0.3 is 0 Å². The van der Waals surface area contributed by atoms with Gasteiger partial charge in [-0.05, 0) is 5.56 Å². The molecule has 0 fully saturated rings. The summed E-state index contributed by atoms with van der Waals surface area (Å²) in [4.78, 5) is 15.7. The van der Waals surface area contributed by atoms with E-state index < -0.39 is 0 Å². The predicted octanol–water partition coefficient (Wildman–Crippen LogP) is 1.64. The summed E-state index contributed by atoms with van der Waals surface area (Å²) >= 11 is 0. The second kappa shape index (κ2) is 4.93. The fraction of sp³-hybridized carbons (Fsp3) is 0.154. The molecule has 3 rings (SSSR count). The first kappa shape index (κ1) is 10.9. The maximum atomic E-state index is 4.35. The molecular formula is C13H13N5. The first-order valence-electron chi connectivity index (χ1n) is 5.81. The van der Waals surface area contributed by atoms with Crippen molar-refractivity contribution in [3.63, 3.8) is 0 Å². The maximum Gasteiger partial charge on any atom is 0.180 e. The summed E-state index contributed by atoms with van der Waals surface area (Å²) in [7, 11) is 0. The summed E-state index contributed by atoms with van der Waals surface area (Å²) < 4.78 is 0. The van der Waals surface area contributed by atoms with E-state index in [1.165, 1.54) is 5.56 Å². The van der Waals surface area contributed by atoms with E-state index in [1.54, 1.807) is 12.5 Å². The first-order chi connectivity index (χ1) is 8.92. The third-order valence-corrected chi connectivity index (χ3v) is 2.68. The number of aromatic amines is 1. The zero-order chi connectivity index (χ0) is 12.2. The number of hydrogen-bond donors (Lipinski definition) is 2. The molecular weight excluding hydrogens is 226 g/mol. The number of aromatic nitrogens is 4. The standard InChI is InChI=1S/C13H13N5/c1-2-4-10(5-3-1)6-14-8-12-15-7-11-13(18-12)17-9-16-11/h1-5,7,9,14H,6,8H2,(H,15,16,17,18). The monoisotopic (exact) mass is 239 g/mol. The van der Waals surface area contributed by atoms with Crippen molar-refractivity contribution in [3.8, 4) is 0 Å². The first-order valence-corrected chi connectivity index (χ1v) is 5.81. The Hall–Kier alpha value is -2.27. The number of hydrogen-bond acceptors (Lipinski definition) is 4. The highest BCUT2D eigenvalue weighted by Crippen LogP contribution is 2.04. The number of fused-ring (bicyclic) bond motifs is 1. The van der Waals surface area contributed by atoms with Crippen molar-refractivity contribution in [1.29, 1.82) is 0 Å². The van der Waals surface area contributed by atoms with Gasteiger partial charge in [0.25, 0.3) is 0 Å². The summed E-state index contributed by atoms with van der Waals surface area (Å²) in [5, 5.41) is 3.31. The van der Waals surface area contributed by atoms with Crippen molar-refractivity contribution < 1.29 is 0 Å². The van der Waals surface area contributed by atoms with Crippen LogP contribution in [-0.2, 0) is 13.1 Å². The van der Waals surface area contributed by atoms with Gasteiger partial charge in [-0.1, -0.05) is 30.3 Å². The zero-order valence-corrected chi connectivity index (χ0v) is 9.80. The number of rotatable bonds is 4. The van der Waals surface area contributed by atoms with Gasteiger partial charge in [0, 0.05) is 6.54 Å². The predicted molar refractivity (Wildman–Crippen MR) is 68.7 cm³/mol. The Balaban J connectivity index is 1.62. The van der Waals surface area contributed by atoms with Crippen LogP contribution in [0.5, 0.6) is 0 Å². The molecule has 2 heterocycles. The molecule has 5 nitrogen and oxygen atoms in total. The molecule has 90 valence electrons. The molecule has 0 amide bonds. The molecule has 0 saturated carbocycles. The Kier molecular flexibility index (Phi) is 2.97. The average Bonchev–Trinajstić information content (AvgIpc) is 2.87. The Morgan fingerprint density at radius 1 is 1.06 bits per heavy atom. The SMILES string of the molecule is c1ccc(CNCc2ncc3[nH]cnc3n2)cc1. The van der Waals surface area contributed by atoms with Crippen LogP contribution in [0.25, 0.3) is 11.2 Å². The van der Waals surface area contributed by atoms with Gasteiger partial charge in [-0.3, -0.25) is 0 Å². The lowest BCUT2D eigenvalue weighted by molar-refractivity contribution is 0.665. The summed E-state index contributed by atoms with van der Waals surface area (Å²) in [6, 6.07) is 10.3. The lowest BCUT2D eigenvalue weighted by atomic mass is 10.2. The van der Waals surface area contributed by atoms with E-state index in [0.29, 0.717) is 12.2 Å². The minimum absolute atomic E-state index is 0.637. The summed E-state index contributed by atoms with van der Waals surface area (Å²) in [6.07, 6.45) is 3.38. The molecule has 0 radical (unpaired) electrons. The van der Waals surface area contributed by atoms with Crippen LogP contribution in [0.4, 0.5) is 0 Å². The fourth-order valence-electron chi connectivity index (χ4n) is 1.77. The number of benzene rings is 1. The zero-order valence-electron chi connectivity index (χ0n) is 9.80. The molecule has 0 spiro atoms. The van der Waals surface area contributed by atoms with Crippen molar-refractivity contribution >= 4 is 11.2 Å². The lowest BCUT2D eigenvalue weighted by Crippen LogP contribution is -2.14. The third-order valence-electron chi connectivity index (χ3n) is 2.68. The molecule has 0 aliphatic heterocycles. The van der Waals surface area contributed by atoms with Crippen LogP contribution in [0.3, 0.4) is 0 Å². The minimum Gasteiger partial charge on any atom is -0.342 e. The molecule has 0 aliphatic rings. The smallest absolute Gasteiger partial charge is 0.180 e. The van der Waals surface area contributed by atoms with Gasteiger partial charge in [-0.2, -0.15) is 0 Å². The van der Waals surface area contributed by atoms with Crippen LogP contribution >= 0.6 is 0 Å². The van der Waals surface area contributed by atoms with Crippen LogP contribution in [-0.4, -0.2) is 19.9 Å². The molecule has 3 aromatic rings. The molecule has 1 aromatic carbocycles. The van der Waals surface area contributed by atoms with Gasteiger partial charge in [-0.25, -0.2) is 15.0 Å². The second-order valence-electron chi connectivity index (χ2n) is 4.02. The van der Waals surface area contributed by atoms with E-state index in [9.17, 15) is 0 Å². The van der Waals surface area contributed by atoms with E-state index in [2.05, 4.69) is 37.4 Å².